The van der Waals surface area contributed by atoms with Gasteiger partial charge in [-0.15, -0.1) is 0 Å². The third-order valence-electron chi connectivity index (χ3n) is 4.84. The van der Waals surface area contributed by atoms with E-state index in [1.54, 1.807) is 30.3 Å². The summed E-state index contributed by atoms with van der Waals surface area (Å²) in [5.41, 5.74) is 3.45. The zero-order valence-electron chi connectivity index (χ0n) is 15.5. The number of rotatable bonds is 4. The van der Waals surface area contributed by atoms with E-state index in [0.717, 1.165) is 11.1 Å². The van der Waals surface area contributed by atoms with E-state index in [9.17, 15) is 13.2 Å². The Morgan fingerprint density at radius 2 is 1.62 bits per heavy atom. The van der Waals surface area contributed by atoms with Crippen LogP contribution >= 0.6 is 11.6 Å². The van der Waals surface area contributed by atoms with Crippen LogP contribution in [0.4, 0.5) is 11.4 Å². The molecule has 1 amide bonds. The lowest BCUT2D eigenvalue weighted by Crippen LogP contribution is -2.25. The average Bonchev–Trinajstić information content (AvgIpc) is 3.09. The lowest BCUT2D eigenvalue weighted by molar-refractivity contribution is 0.102. The molecule has 0 saturated carbocycles. The quantitative estimate of drug-likeness (QED) is 0.651. The number of hydrogen-bond donors (Lipinski definition) is 1. The number of halogens is 1. The molecule has 7 heteroatoms. The van der Waals surface area contributed by atoms with Gasteiger partial charge in [-0.3, -0.25) is 9.10 Å². The van der Waals surface area contributed by atoms with E-state index >= 15 is 0 Å². The minimum absolute atomic E-state index is 0.130. The minimum Gasteiger partial charge on any atom is -0.321 e. The normalized spacial score (nSPS) is 15.3. The molecule has 4 rings (SSSR count). The van der Waals surface area contributed by atoms with Crippen molar-refractivity contribution in [2.24, 2.45) is 0 Å². The number of carbonyl (C=O) groups excluding carboxylic acids is 1. The van der Waals surface area contributed by atoms with Crippen molar-refractivity contribution in [3.8, 4) is 11.1 Å². The fourth-order valence-corrected chi connectivity index (χ4v) is 5.05. The van der Waals surface area contributed by atoms with Gasteiger partial charge in [0.15, 0.2) is 0 Å². The van der Waals surface area contributed by atoms with Crippen LogP contribution in [-0.4, -0.2) is 26.6 Å². The molecule has 3 aromatic rings. The van der Waals surface area contributed by atoms with E-state index in [-0.39, 0.29) is 11.7 Å². The first-order valence-corrected chi connectivity index (χ1v) is 11.2. The maximum Gasteiger partial charge on any atom is 0.255 e. The smallest absolute Gasteiger partial charge is 0.255 e. The van der Waals surface area contributed by atoms with Gasteiger partial charge < -0.3 is 5.32 Å². The minimum atomic E-state index is -3.30. The van der Waals surface area contributed by atoms with Crippen LogP contribution < -0.4 is 9.62 Å². The number of benzene rings is 3. The van der Waals surface area contributed by atoms with Crippen molar-refractivity contribution in [1.82, 2.24) is 0 Å². The second kappa shape index (κ2) is 7.89. The molecule has 3 aromatic carbocycles. The van der Waals surface area contributed by atoms with Gasteiger partial charge in [-0.2, -0.15) is 0 Å². The molecule has 29 heavy (non-hydrogen) atoms. The van der Waals surface area contributed by atoms with Crippen molar-refractivity contribution < 1.29 is 13.2 Å². The van der Waals surface area contributed by atoms with Gasteiger partial charge >= 0.3 is 0 Å². The van der Waals surface area contributed by atoms with Crippen molar-refractivity contribution in [1.29, 1.82) is 0 Å². The highest BCUT2D eigenvalue weighted by atomic mass is 35.5. The van der Waals surface area contributed by atoms with Crippen LogP contribution in [0.3, 0.4) is 0 Å². The zero-order chi connectivity index (χ0) is 20.4. The molecule has 1 N–H and O–H groups in total. The summed E-state index contributed by atoms with van der Waals surface area (Å²) in [6, 6.07) is 22.0. The molecular formula is C22H19ClN2O3S. The fourth-order valence-electron chi connectivity index (χ4n) is 3.33. The molecule has 148 valence electrons. The Morgan fingerprint density at radius 3 is 2.28 bits per heavy atom. The van der Waals surface area contributed by atoms with Crippen molar-refractivity contribution in [3.63, 3.8) is 0 Å². The zero-order valence-corrected chi connectivity index (χ0v) is 17.1. The number of nitrogens with zero attached hydrogens (tertiary/aromatic N) is 1. The monoisotopic (exact) mass is 426 g/mol. The van der Waals surface area contributed by atoms with E-state index in [2.05, 4.69) is 5.32 Å². The summed E-state index contributed by atoms with van der Waals surface area (Å²) >= 11 is 6.23. The Hall–Kier alpha value is -2.83. The van der Waals surface area contributed by atoms with Crippen molar-refractivity contribution >= 4 is 38.9 Å². The van der Waals surface area contributed by atoms with E-state index in [4.69, 9.17) is 11.6 Å². The summed E-state index contributed by atoms with van der Waals surface area (Å²) < 4.78 is 25.7. The van der Waals surface area contributed by atoms with Crippen LogP contribution in [0.1, 0.15) is 16.8 Å². The lowest BCUT2D eigenvalue weighted by atomic mass is 10.0. The maximum absolute atomic E-state index is 12.7. The van der Waals surface area contributed by atoms with Crippen LogP contribution in [0.15, 0.2) is 72.8 Å². The Balaban J connectivity index is 1.55. The van der Waals surface area contributed by atoms with Gasteiger partial charge in [0.2, 0.25) is 10.0 Å². The largest absolute Gasteiger partial charge is 0.321 e. The standard InChI is InChI=1S/C22H19ClN2O3S/c23-20-12-11-19(25-13-4-14-29(25,27)28)15-21(20)24-22(26)18-9-7-17(8-10-18)16-5-2-1-3-6-16/h1-3,5-12,15H,4,13-14H2,(H,24,26). The third kappa shape index (κ3) is 4.13. The Labute approximate surface area is 175 Å². The molecule has 1 heterocycles. The molecule has 0 aliphatic carbocycles. The SMILES string of the molecule is O=C(Nc1cc(N2CCCS2(=O)=O)ccc1Cl)c1ccc(-c2ccccc2)cc1. The number of carbonyl (C=O) groups is 1. The van der Waals surface area contributed by atoms with Gasteiger partial charge in [0.25, 0.3) is 5.91 Å². The Morgan fingerprint density at radius 1 is 0.931 bits per heavy atom. The fraction of sp³-hybridized carbons (Fsp3) is 0.136. The molecule has 1 aliphatic heterocycles. The summed E-state index contributed by atoms with van der Waals surface area (Å²) in [6.07, 6.45) is 0.584. The van der Waals surface area contributed by atoms with Crippen molar-refractivity contribution in [2.75, 3.05) is 21.9 Å². The Kier molecular flexibility index (Phi) is 5.30. The van der Waals surface area contributed by atoms with Crippen LogP contribution in [0, 0.1) is 0 Å². The molecule has 0 atom stereocenters. The molecule has 0 unspecified atom stereocenters. The summed E-state index contributed by atoms with van der Waals surface area (Å²) in [5.74, 6) is -0.182. The first kappa shape index (κ1) is 19.5. The number of sulfonamides is 1. The van der Waals surface area contributed by atoms with Crippen molar-refractivity contribution in [3.05, 3.63) is 83.4 Å². The van der Waals surface area contributed by atoms with Crippen LogP contribution in [0.25, 0.3) is 11.1 Å². The van der Waals surface area contributed by atoms with Gasteiger partial charge in [0.05, 0.1) is 22.2 Å². The number of hydrogen-bond acceptors (Lipinski definition) is 3. The maximum atomic E-state index is 12.7. The predicted octanol–water partition coefficient (Wildman–Crippen LogP) is 4.80. The topological polar surface area (TPSA) is 66.5 Å². The van der Waals surface area contributed by atoms with Crippen LogP contribution in [0.2, 0.25) is 5.02 Å². The molecule has 1 saturated heterocycles. The number of nitrogens with one attached hydrogen (secondary N) is 1. The van der Waals surface area contributed by atoms with Gasteiger partial charge in [0, 0.05) is 12.1 Å². The summed E-state index contributed by atoms with van der Waals surface area (Å²) in [5, 5.41) is 3.13. The predicted molar refractivity (Wildman–Crippen MR) is 117 cm³/mol. The van der Waals surface area contributed by atoms with Crippen LogP contribution in [0.5, 0.6) is 0 Å². The number of amides is 1. The van der Waals surface area contributed by atoms with Gasteiger partial charge in [-0.1, -0.05) is 54.1 Å². The van der Waals surface area contributed by atoms with Crippen molar-refractivity contribution in [2.45, 2.75) is 6.42 Å². The summed E-state index contributed by atoms with van der Waals surface area (Å²) in [7, 11) is -3.30. The highest BCUT2D eigenvalue weighted by molar-refractivity contribution is 7.93. The molecule has 0 bridgehead atoms. The molecule has 1 aliphatic rings. The average molecular weight is 427 g/mol. The van der Waals surface area contributed by atoms with E-state index in [1.807, 2.05) is 42.5 Å². The summed E-state index contributed by atoms with van der Waals surface area (Å²) in [4.78, 5) is 12.7. The molecule has 0 aromatic heterocycles. The molecule has 0 spiro atoms. The summed E-state index contributed by atoms with van der Waals surface area (Å²) in [6.45, 7) is 0.429. The van der Waals surface area contributed by atoms with Gasteiger partial charge in [-0.25, -0.2) is 8.42 Å². The highest BCUT2D eigenvalue weighted by Crippen LogP contribution is 2.31. The molecule has 5 nitrogen and oxygen atoms in total. The molecule has 1 fully saturated rings. The Bertz CT molecular complexity index is 1150. The lowest BCUT2D eigenvalue weighted by Gasteiger charge is -2.18. The van der Waals surface area contributed by atoms with E-state index < -0.39 is 10.0 Å². The highest BCUT2D eigenvalue weighted by Gasteiger charge is 2.28. The first-order chi connectivity index (χ1) is 13.9. The molecular weight excluding hydrogens is 408 g/mol. The van der Waals surface area contributed by atoms with Gasteiger partial charge in [0.1, 0.15) is 0 Å². The van der Waals surface area contributed by atoms with E-state index in [1.165, 1.54) is 4.31 Å². The second-order valence-electron chi connectivity index (χ2n) is 6.80. The second-order valence-corrected chi connectivity index (χ2v) is 9.22. The number of anilines is 2. The third-order valence-corrected chi connectivity index (χ3v) is 7.04. The van der Waals surface area contributed by atoms with Gasteiger partial charge in [-0.05, 0) is 47.9 Å². The van der Waals surface area contributed by atoms with Crippen LogP contribution in [-0.2, 0) is 10.0 Å². The van der Waals surface area contributed by atoms with E-state index in [0.29, 0.717) is 34.9 Å². The first-order valence-electron chi connectivity index (χ1n) is 9.21. The molecule has 0 radical (unpaired) electrons.